The van der Waals surface area contributed by atoms with Crippen molar-refractivity contribution in [1.29, 1.82) is 0 Å². The molecule has 4 nitrogen and oxygen atoms in total. The van der Waals surface area contributed by atoms with Crippen molar-refractivity contribution >= 4 is 21.9 Å². The van der Waals surface area contributed by atoms with Crippen molar-refractivity contribution in [2.75, 3.05) is 12.4 Å². The van der Waals surface area contributed by atoms with Gasteiger partial charge in [-0.25, -0.2) is 4.79 Å². The molecular formula is C18H22BrNO3. The molecule has 0 N–H and O–H groups in total. The minimum Gasteiger partial charge on any atom is -0.465 e. The van der Waals surface area contributed by atoms with Gasteiger partial charge in [-0.15, -0.1) is 0 Å². The van der Waals surface area contributed by atoms with Crippen LogP contribution in [0.25, 0.3) is 0 Å². The van der Waals surface area contributed by atoms with E-state index in [0.717, 1.165) is 17.3 Å². The van der Waals surface area contributed by atoms with Crippen molar-refractivity contribution < 1.29 is 9.53 Å². The highest BCUT2D eigenvalue weighted by Crippen LogP contribution is 2.07. The molecule has 0 amide bonds. The fourth-order valence-electron chi connectivity index (χ4n) is 1.81. The van der Waals surface area contributed by atoms with Gasteiger partial charge in [0.25, 0.3) is 5.56 Å². The van der Waals surface area contributed by atoms with Crippen molar-refractivity contribution in [3.63, 3.8) is 0 Å². The molecule has 0 fully saturated rings. The molecule has 0 spiro atoms. The van der Waals surface area contributed by atoms with Gasteiger partial charge in [0, 0.05) is 17.6 Å². The predicted octanol–water partition coefficient (Wildman–Crippen LogP) is 3.87. The zero-order valence-electron chi connectivity index (χ0n) is 13.7. The molecular weight excluding hydrogens is 358 g/mol. The molecule has 0 unspecified atom stereocenters. The fraction of sp³-hybridized carbons (Fsp3) is 0.333. The number of rotatable bonds is 7. The Hall–Kier alpha value is -1.88. The lowest BCUT2D eigenvalue weighted by Gasteiger charge is -2.08. The van der Waals surface area contributed by atoms with Crippen LogP contribution in [-0.4, -0.2) is 23.0 Å². The van der Waals surface area contributed by atoms with E-state index < -0.39 is 5.97 Å². The van der Waals surface area contributed by atoms with Crippen molar-refractivity contribution in [3.05, 3.63) is 69.7 Å². The first-order valence-electron chi connectivity index (χ1n) is 7.39. The molecule has 0 aliphatic heterocycles. The van der Waals surface area contributed by atoms with Crippen molar-refractivity contribution in [1.82, 2.24) is 4.57 Å². The number of halogens is 1. The van der Waals surface area contributed by atoms with Gasteiger partial charge in [0.05, 0.1) is 19.2 Å². The standard InChI is InChI=1S/C18H22BrNO3/c1-4-5-6-15(8-7-14(2)11-19)12-20-13-16(18(22)23-3)9-10-17(20)21/h5-10,13H,4,11-12H2,1-3H3/b6-5+,14-7+,15-8+. The first-order chi connectivity index (χ1) is 11.0. The van der Waals surface area contributed by atoms with Crippen molar-refractivity contribution in [2.45, 2.75) is 26.8 Å². The Kier molecular flexibility index (Phi) is 8.33. The van der Waals surface area contributed by atoms with Crippen LogP contribution in [0.5, 0.6) is 0 Å². The molecule has 0 aromatic carbocycles. The zero-order valence-corrected chi connectivity index (χ0v) is 15.3. The first kappa shape index (κ1) is 19.2. The zero-order chi connectivity index (χ0) is 17.2. The highest BCUT2D eigenvalue weighted by molar-refractivity contribution is 9.09. The molecule has 0 saturated heterocycles. The van der Waals surface area contributed by atoms with Gasteiger partial charge in [-0.1, -0.05) is 52.7 Å². The summed E-state index contributed by atoms with van der Waals surface area (Å²) in [7, 11) is 1.32. The van der Waals surface area contributed by atoms with Gasteiger partial charge in [0.15, 0.2) is 0 Å². The number of pyridine rings is 1. The topological polar surface area (TPSA) is 48.3 Å². The van der Waals surface area contributed by atoms with E-state index in [1.807, 2.05) is 31.2 Å². The summed E-state index contributed by atoms with van der Waals surface area (Å²) in [6.45, 7) is 4.47. The maximum absolute atomic E-state index is 12.0. The molecule has 5 heteroatoms. The number of methoxy groups -OCH3 is 1. The lowest BCUT2D eigenvalue weighted by Crippen LogP contribution is -2.21. The van der Waals surface area contributed by atoms with E-state index in [4.69, 9.17) is 4.74 Å². The van der Waals surface area contributed by atoms with E-state index in [2.05, 4.69) is 22.9 Å². The van der Waals surface area contributed by atoms with Crippen LogP contribution in [0, 0.1) is 0 Å². The summed E-state index contributed by atoms with van der Waals surface area (Å²) >= 11 is 3.41. The summed E-state index contributed by atoms with van der Waals surface area (Å²) in [5, 5.41) is 0.798. The fourth-order valence-corrected chi connectivity index (χ4v) is 2.00. The smallest absolute Gasteiger partial charge is 0.339 e. The quantitative estimate of drug-likeness (QED) is 0.410. The monoisotopic (exact) mass is 379 g/mol. The van der Waals surface area contributed by atoms with Crippen molar-refractivity contribution in [2.24, 2.45) is 0 Å². The highest BCUT2D eigenvalue weighted by atomic mass is 79.9. The van der Waals surface area contributed by atoms with Gasteiger partial charge in [-0.3, -0.25) is 4.79 Å². The third kappa shape index (κ3) is 6.40. The number of carbonyl (C=O) groups is 1. The van der Waals surface area contributed by atoms with Gasteiger partial charge < -0.3 is 9.30 Å². The molecule has 1 heterocycles. The van der Waals surface area contributed by atoms with E-state index in [9.17, 15) is 9.59 Å². The molecule has 0 bridgehead atoms. The number of ether oxygens (including phenoxy) is 1. The molecule has 0 aliphatic carbocycles. The van der Waals surface area contributed by atoms with E-state index in [1.54, 1.807) is 0 Å². The van der Waals surface area contributed by atoms with E-state index in [1.165, 1.54) is 35.6 Å². The third-order valence-corrected chi connectivity index (χ3v) is 4.00. The number of aromatic nitrogens is 1. The number of allylic oxidation sites excluding steroid dienone is 6. The molecule has 1 rings (SSSR count). The second-order valence-electron chi connectivity index (χ2n) is 5.07. The minimum absolute atomic E-state index is 0.158. The summed E-state index contributed by atoms with van der Waals surface area (Å²) in [6, 6.07) is 2.86. The summed E-state index contributed by atoms with van der Waals surface area (Å²) in [5.74, 6) is -0.455. The SMILES string of the molecule is CC/C=C/C(=C\C=C(/C)CBr)Cn1cc(C(=O)OC)ccc1=O. The van der Waals surface area contributed by atoms with Crippen LogP contribution < -0.4 is 5.56 Å². The van der Waals surface area contributed by atoms with Crippen LogP contribution in [0.15, 0.2) is 58.6 Å². The Balaban J connectivity index is 3.15. The largest absolute Gasteiger partial charge is 0.465 e. The Morgan fingerprint density at radius 2 is 2.09 bits per heavy atom. The number of carbonyl (C=O) groups excluding carboxylic acids is 1. The molecule has 0 aliphatic rings. The molecule has 124 valence electrons. The van der Waals surface area contributed by atoms with Gasteiger partial charge in [-0.2, -0.15) is 0 Å². The summed E-state index contributed by atoms with van der Waals surface area (Å²) in [4.78, 5) is 23.6. The van der Waals surface area contributed by atoms with E-state index in [-0.39, 0.29) is 5.56 Å². The lowest BCUT2D eigenvalue weighted by molar-refractivity contribution is 0.0599. The van der Waals surface area contributed by atoms with Crippen LogP contribution in [0.1, 0.15) is 30.6 Å². The average Bonchev–Trinajstić information content (AvgIpc) is 2.57. The van der Waals surface area contributed by atoms with Gasteiger partial charge in [-0.05, 0) is 25.0 Å². The number of esters is 1. The average molecular weight is 380 g/mol. The molecule has 23 heavy (non-hydrogen) atoms. The normalized spacial score (nSPS) is 12.7. The maximum Gasteiger partial charge on any atom is 0.339 e. The lowest BCUT2D eigenvalue weighted by atomic mass is 10.1. The van der Waals surface area contributed by atoms with Crippen LogP contribution in [0.4, 0.5) is 0 Å². The summed E-state index contributed by atoms with van der Waals surface area (Å²) < 4.78 is 6.21. The van der Waals surface area contributed by atoms with Crippen LogP contribution in [-0.2, 0) is 11.3 Å². The van der Waals surface area contributed by atoms with Crippen LogP contribution in [0.2, 0.25) is 0 Å². The Morgan fingerprint density at radius 3 is 2.70 bits per heavy atom. The van der Waals surface area contributed by atoms with Gasteiger partial charge in [0.1, 0.15) is 0 Å². The number of alkyl halides is 1. The maximum atomic E-state index is 12.0. The van der Waals surface area contributed by atoms with Gasteiger partial charge in [0.2, 0.25) is 0 Å². The van der Waals surface area contributed by atoms with Crippen LogP contribution >= 0.6 is 15.9 Å². The minimum atomic E-state index is -0.455. The highest BCUT2D eigenvalue weighted by Gasteiger charge is 2.07. The first-order valence-corrected chi connectivity index (χ1v) is 8.51. The van der Waals surface area contributed by atoms with E-state index >= 15 is 0 Å². The molecule has 1 aromatic heterocycles. The van der Waals surface area contributed by atoms with Crippen LogP contribution in [0.3, 0.4) is 0 Å². The summed E-state index contributed by atoms with van der Waals surface area (Å²) in [5.41, 5.74) is 2.37. The Labute approximate surface area is 145 Å². The third-order valence-electron chi connectivity index (χ3n) is 3.12. The summed E-state index contributed by atoms with van der Waals surface area (Å²) in [6.07, 6.45) is 10.5. The molecule has 0 atom stereocenters. The predicted molar refractivity (Wildman–Crippen MR) is 97.1 cm³/mol. The second kappa shape index (κ2) is 10.0. The Morgan fingerprint density at radius 1 is 1.35 bits per heavy atom. The number of hydrogen-bond donors (Lipinski definition) is 0. The van der Waals surface area contributed by atoms with Crippen molar-refractivity contribution in [3.8, 4) is 0 Å². The number of hydrogen-bond acceptors (Lipinski definition) is 3. The molecule has 0 saturated carbocycles. The number of nitrogens with zero attached hydrogens (tertiary/aromatic N) is 1. The van der Waals surface area contributed by atoms with Gasteiger partial charge >= 0.3 is 5.97 Å². The molecule has 0 radical (unpaired) electrons. The van der Waals surface area contributed by atoms with E-state index in [0.29, 0.717) is 12.1 Å². The molecule has 1 aromatic rings. The Bertz CT molecular complexity index is 684. The second-order valence-corrected chi connectivity index (χ2v) is 5.64.